The van der Waals surface area contributed by atoms with Gasteiger partial charge in [0.1, 0.15) is 6.29 Å². The lowest BCUT2D eigenvalue weighted by Crippen LogP contribution is -2.39. The molecule has 1 heterocycles. The third-order valence-corrected chi connectivity index (χ3v) is 6.43. The van der Waals surface area contributed by atoms with Crippen molar-refractivity contribution in [1.82, 2.24) is 9.80 Å². The first-order chi connectivity index (χ1) is 15.9. The van der Waals surface area contributed by atoms with Crippen LogP contribution in [0.2, 0.25) is 10.0 Å². The lowest BCUT2D eigenvalue weighted by atomic mass is 10.0. The molecular weight excluding hydrogens is 461 g/mol. The summed E-state index contributed by atoms with van der Waals surface area (Å²) < 4.78 is 0. The van der Waals surface area contributed by atoms with Crippen molar-refractivity contribution in [1.29, 1.82) is 0 Å². The maximum Gasteiger partial charge on any atom is 0.248 e. The van der Waals surface area contributed by atoms with E-state index in [0.29, 0.717) is 28.6 Å². The molecule has 0 unspecified atom stereocenters. The Morgan fingerprint density at radius 3 is 2.58 bits per heavy atom. The van der Waals surface area contributed by atoms with Gasteiger partial charge in [0.15, 0.2) is 0 Å². The average molecular weight is 488 g/mol. The molecule has 2 aromatic rings. The van der Waals surface area contributed by atoms with Gasteiger partial charge in [0, 0.05) is 25.4 Å². The van der Waals surface area contributed by atoms with Crippen molar-refractivity contribution in [3.05, 3.63) is 75.8 Å². The molecule has 6 nitrogen and oxygen atoms in total. The summed E-state index contributed by atoms with van der Waals surface area (Å²) in [7, 11) is 1.80. The van der Waals surface area contributed by atoms with E-state index >= 15 is 0 Å². The highest BCUT2D eigenvalue weighted by Gasteiger charge is 2.26. The maximum absolute atomic E-state index is 13.2. The van der Waals surface area contributed by atoms with Crippen molar-refractivity contribution >= 4 is 47.0 Å². The lowest BCUT2D eigenvalue weighted by Gasteiger charge is -2.32. The SMILES string of the molecule is CN(C(=O)Cc1ccc(Cl)c(Cl)c1)[C@H](CN1CCCC1)c1cccc(NC(=O)/C=C/C=O)c1. The van der Waals surface area contributed by atoms with Crippen LogP contribution < -0.4 is 5.32 Å². The minimum absolute atomic E-state index is 0.0408. The molecule has 0 radical (unpaired) electrons. The summed E-state index contributed by atoms with van der Waals surface area (Å²) >= 11 is 12.1. The van der Waals surface area contributed by atoms with Crippen molar-refractivity contribution in [3.63, 3.8) is 0 Å². The Morgan fingerprint density at radius 2 is 1.88 bits per heavy atom. The van der Waals surface area contributed by atoms with Gasteiger partial charge in [-0.3, -0.25) is 14.4 Å². The second-order valence-corrected chi connectivity index (χ2v) is 8.88. The first-order valence-electron chi connectivity index (χ1n) is 10.8. The van der Waals surface area contributed by atoms with Crippen molar-refractivity contribution in [3.8, 4) is 0 Å². The quantitative estimate of drug-likeness (QED) is 0.416. The van der Waals surface area contributed by atoms with E-state index in [9.17, 15) is 14.4 Å². The van der Waals surface area contributed by atoms with Gasteiger partial charge in [0.2, 0.25) is 11.8 Å². The minimum atomic E-state index is -0.389. The number of likely N-dealkylation sites (N-methyl/N-ethyl adjacent to an activating group) is 1. The number of anilines is 1. The van der Waals surface area contributed by atoms with Crippen LogP contribution in [0.3, 0.4) is 0 Å². The van der Waals surface area contributed by atoms with Gasteiger partial charge in [-0.2, -0.15) is 0 Å². The molecule has 174 valence electrons. The predicted octanol–water partition coefficient (Wildman–Crippen LogP) is 4.53. The standard InChI is InChI=1S/C25H27Cl2N3O3/c1-29(25(33)15-18-9-10-21(26)22(27)14-18)23(17-30-11-2-3-12-30)19-6-4-7-20(16-19)28-24(32)8-5-13-31/h4-10,13-14,16,23H,2-3,11-12,15,17H2,1H3,(H,28,32)/b8-5+/t23-/m1/s1. The zero-order valence-electron chi connectivity index (χ0n) is 18.5. The van der Waals surface area contributed by atoms with E-state index in [2.05, 4.69) is 10.2 Å². The molecule has 0 aromatic heterocycles. The highest BCUT2D eigenvalue weighted by Crippen LogP contribution is 2.27. The summed E-state index contributed by atoms with van der Waals surface area (Å²) in [6.45, 7) is 2.70. The molecule has 1 N–H and O–H groups in total. The number of carbonyl (C=O) groups is 3. The fraction of sp³-hybridized carbons (Fsp3) is 0.320. The van der Waals surface area contributed by atoms with Crippen LogP contribution in [0.25, 0.3) is 0 Å². The van der Waals surface area contributed by atoms with Crippen LogP contribution >= 0.6 is 23.2 Å². The Kier molecular flexibility index (Phi) is 9.06. The Morgan fingerprint density at radius 1 is 1.12 bits per heavy atom. The highest BCUT2D eigenvalue weighted by molar-refractivity contribution is 6.42. The molecule has 8 heteroatoms. The van der Waals surface area contributed by atoms with E-state index in [0.717, 1.165) is 43.1 Å². The van der Waals surface area contributed by atoms with Gasteiger partial charge in [0.05, 0.1) is 22.5 Å². The molecule has 1 aliphatic rings. The molecule has 2 amide bonds. The number of hydrogen-bond donors (Lipinski definition) is 1. The molecule has 0 spiro atoms. The number of likely N-dealkylation sites (tertiary alicyclic amines) is 1. The van der Waals surface area contributed by atoms with Gasteiger partial charge in [-0.1, -0.05) is 41.4 Å². The molecule has 1 fully saturated rings. The molecule has 33 heavy (non-hydrogen) atoms. The van der Waals surface area contributed by atoms with Crippen molar-refractivity contribution in [2.75, 3.05) is 32.0 Å². The predicted molar refractivity (Wildman–Crippen MR) is 132 cm³/mol. The van der Waals surface area contributed by atoms with E-state index in [1.165, 1.54) is 6.08 Å². The third-order valence-electron chi connectivity index (χ3n) is 5.70. The Bertz CT molecular complexity index is 1040. The summed E-state index contributed by atoms with van der Waals surface area (Å²) in [5, 5.41) is 3.63. The first kappa shape index (κ1) is 25.0. The van der Waals surface area contributed by atoms with Gasteiger partial charge in [-0.25, -0.2) is 0 Å². The van der Waals surface area contributed by atoms with E-state index in [4.69, 9.17) is 23.2 Å². The summed E-state index contributed by atoms with van der Waals surface area (Å²) in [5.41, 5.74) is 2.32. The molecule has 1 atom stereocenters. The molecule has 1 saturated heterocycles. The van der Waals surface area contributed by atoms with Crippen LogP contribution in [-0.4, -0.2) is 54.6 Å². The zero-order chi connectivity index (χ0) is 23.8. The third kappa shape index (κ3) is 7.16. The average Bonchev–Trinajstić information content (AvgIpc) is 3.31. The smallest absolute Gasteiger partial charge is 0.248 e. The number of aldehydes is 1. The molecule has 0 aliphatic carbocycles. The molecule has 2 aromatic carbocycles. The van der Waals surface area contributed by atoms with E-state index in [1.807, 2.05) is 18.2 Å². The zero-order valence-corrected chi connectivity index (χ0v) is 20.0. The van der Waals surface area contributed by atoms with Gasteiger partial charge in [0.25, 0.3) is 0 Å². The first-order valence-corrected chi connectivity index (χ1v) is 11.6. The molecule has 0 saturated carbocycles. The molecule has 3 rings (SSSR count). The number of benzene rings is 2. The Labute approximate surface area is 204 Å². The van der Waals surface area contributed by atoms with Crippen LogP contribution in [0.5, 0.6) is 0 Å². The van der Waals surface area contributed by atoms with Gasteiger partial charge >= 0.3 is 0 Å². The molecule has 1 aliphatic heterocycles. The second-order valence-electron chi connectivity index (χ2n) is 8.06. The van der Waals surface area contributed by atoms with Gasteiger partial charge in [-0.05, 0) is 67.4 Å². The monoisotopic (exact) mass is 487 g/mol. The number of rotatable bonds is 9. The highest BCUT2D eigenvalue weighted by atomic mass is 35.5. The topological polar surface area (TPSA) is 69.7 Å². The van der Waals surface area contributed by atoms with Crippen LogP contribution in [-0.2, 0) is 20.8 Å². The number of carbonyl (C=O) groups excluding carboxylic acids is 3. The van der Waals surface area contributed by atoms with Crippen molar-refractivity contribution in [2.24, 2.45) is 0 Å². The van der Waals surface area contributed by atoms with Crippen LogP contribution in [0.4, 0.5) is 5.69 Å². The fourth-order valence-electron chi connectivity index (χ4n) is 3.92. The largest absolute Gasteiger partial charge is 0.337 e. The van der Waals surface area contributed by atoms with E-state index in [-0.39, 0.29) is 24.3 Å². The summed E-state index contributed by atoms with van der Waals surface area (Å²) in [4.78, 5) is 39.7. The number of allylic oxidation sites excluding steroid dienone is 1. The number of hydrogen-bond acceptors (Lipinski definition) is 4. The number of nitrogens with one attached hydrogen (secondary N) is 1. The maximum atomic E-state index is 13.2. The van der Waals surface area contributed by atoms with Crippen LogP contribution in [0.15, 0.2) is 54.6 Å². The van der Waals surface area contributed by atoms with Crippen LogP contribution in [0.1, 0.15) is 30.0 Å². The number of nitrogens with zero attached hydrogens (tertiary/aromatic N) is 2. The van der Waals surface area contributed by atoms with Crippen LogP contribution in [0, 0.1) is 0 Å². The normalized spacial score (nSPS) is 14.9. The summed E-state index contributed by atoms with van der Waals surface area (Å²) in [6.07, 6.45) is 5.37. The minimum Gasteiger partial charge on any atom is -0.337 e. The van der Waals surface area contributed by atoms with Crippen molar-refractivity contribution in [2.45, 2.75) is 25.3 Å². The van der Waals surface area contributed by atoms with Gasteiger partial charge < -0.3 is 15.1 Å². The fourth-order valence-corrected chi connectivity index (χ4v) is 4.24. The summed E-state index contributed by atoms with van der Waals surface area (Å²) in [6, 6.07) is 12.5. The van der Waals surface area contributed by atoms with E-state index in [1.54, 1.807) is 36.2 Å². The molecular formula is C25H27Cl2N3O3. The van der Waals surface area contributed by atoms with E-state index < -0.39 is 0 Å². The van der Waals surface area contributed by atoms with Gasteiger partial charge in [-0.15, -0.1) is 0 Å². The lowest BCUT2D eigenvalue weighted by molar-refractivity contribution is -0.131. The van der Waals surface area contributed by atoms with Crippen molar-refractivity contribution < 1.29 is 14.4 Å². The molecule has 0 bridgehead atoms. The number of amides is 2. The Balaban J connectivity index is 1.81. The Hall–Kier alpha value is -2.67. The number of halogens is 2. The second kappa shape index (κ2) is 12.0. The summed E-state index contributed by atoms with van der Waals surface area (Å²) in [5.74, 6) is -0.430.